The van der Waals surface area contributed by atoms with Gasteiger partial charge >= 0.3 is 0 Å². The summed E-state index contributed by atoms with van der Waals surface area (Å²) in [7, 11) is 0. The Morgan fingerprint density at radius 3 is 2.52 bits per heavy atom. The molecule has 0 radical (unpaired) electrons. The van der Waals surface area contributed by atoms with E-state index in [4.69, 9.17) is 0 Å². The summed E-state index contributed by atoms with van der Waals surface area (Å²) < 4.78 is 0. The number of pyridine rings is 1. The number of nitrogens with zero attached hydrogens (tertiary/aromatic N) is 1. The number of ketones is 1. The van der Waals surface area contributed by atoms with E-state index in [0.717, 1.165) is 22.5 Å². The Morgan fingerprint density at radius 2 is 1.74 bits per heavy atom. The molecule has 0 aliphatic heterocycles. The zero-order valence-electron chi connectivity index (χ0n) is 15.3. The maximum atomic E-state index is 12.4. The van der Waals surface area contributed by atoms with Gasteiger partial charge in [0.1, 0.15) is 5.69 Å². The Hall–Kier alpha value is -3.47. The minimum Gasteiger partial charge on any atom is -0.355 e. The van der Waals surface area contributed by atoms with Gasteiger partial charge in [-0.25, -0.2) is 0 Å². The van der Waals surface area contributed by atoms with Crippen molar-refractivity contribution in [3.8, 4) is 0 Å². The van der Waals surface area contributed by atoms with Crippen LogP contribution in [0, 0.1) is 6.92 Å². The van der Waals surface area contributed by atoms with Crippen LogP contribution in [-0.2, 0) is 6.54 Å². The van der Waals surface area contributed by atoms with Crippen molar-refractivity contribution >= 4 is 23.1 Å². The molecule has 0 atom stereocenters. The highest BCUT2D eigenvalue weighted by molar-refractivity contribution is 5.95. The fraction of sp³-hybridized carbons (Fsp3) is 0.136. The predicted octanol–water partition coefficient (Wildman–Crippen LogP) is 4.27. The zero-order chi connectivity index (χ0) is 19.2. The van der Waals surface area contributed by atoms with Gasteiger partial charge < -0.3 is 10.6 Å². The average Bonchev–Trinajstić information content (AvgIpc) is 2.66. The molecular weight excluding hydrogens is 338 g/mol. The van der Waals surface area contributed by atoms with Gasteiger partial charge in [0.2, 0.25) is 0 Å². The molecule has 3 aromatic rings. The Morgan fingerprint density at radius 1 is 0.963 bits per heavy atom. The lowest BCUT2D eigenvalue weighted by molar-refractivity contribution is 0.0945. The molecule has 3 rings (SSSR count). The number of rotatable bonds is 6. The van der Waals surface area contributed by atoms with E-state index in [1.807, 2.05) is 43.3 Å². The molecule has 0 spiro atoms. The molecule has 0 aliphatic rings. The number of anilines is 2. The van der Waals surface area contributed by atoms with Crippen molar-refractivity contribution in [1.82, 2.24) is 10.3 Å². The van der Waals surface area contributed by atoms with Gasteiger partial charge in [0.25, 0.3) is 5.91 Å². The molecule has 5 heteroatoms. The van der Waals surface area contributed by atoms with E-state index in [9.17, 15) is 9.59 Å². The number of Topliss-reactive ketones (excluding diaryl/α,β-unsaturated/α-hetero) is 1. The molecular formula is C22H21N3O2. The molecule has 0 saturated heterocycles. The first-order valence-corrected chi connectivity index (χ1v) is 8.69. The Bertz CT molecular complexity index is 983. The van der Waals surface area contributed by atoms with Gasteiger partial charge in [0.05, 0.1) is 0 Å². The van der Waals surface area contributed by atoms with Crippen molar-refractivity contribution in [2.75, 3.05) is 5.32 Å². The van der Waals surface area contributed by atoms with Gasteiger partial charge in [-0.05, 0) is 43.7 Å². The first-order valence-electron chi connectivity index (χ1n) is 8.69. The van der Waals surface area contributed by atoms with Gasteiger partial charge in [0, 0.05) is 29.7 Å². The maximum absolute atomic E-state index is 12.4. The Labute approximate surface area is 158 Å². The van der Waals surface area contributed by atoms with Crippen LogP contribution in [0.25, 0.3) is 0 Å². The summed E-state index contributed by atoms with van der Waals surface area (Å²) in [5.41, 5.74) is 4.66. The minimum absolute atomic E-state index is 0.00425. The van der Waals surface area contributed by atoms with Gasteiger partial charge in [-0.2, -0.15) is 0 Å². The molecule has 0 aliphatic carbocycles. The molecule has 1 aromatic heterocycles. The fourth-order valence-electron chi connectivity index (χ4n) is 2.71. The summed E-state index contributed by atoms with van der Waals surface area (Å²) >= 11 is 0. The minimum atomic E-state index is -0.238. The third-order valence-electron chi connectivity index (χ3n) is 4.09. The van der Waals surface area contributed by atoms with Crippen LogP contribution in [0.3, 0.4) is 0 Å². The van der Waals surface area contributed by atoms with E-state index < -0.39 is 0 Å². The number of nitrogens with one attached hydrogen (secondary N) is 2. The fourth-order valence-corrected chi connectivity index (χ4v) is 2.71. The van der Waals surface area contributed by atoms with Crippen LogP contribution in [0.2, 0.25) is 0 Å². The summed E-state index contributed by atoms with van der Waals surface area (Å²) in [6.07, 6.45) is 1.58. The monoisotopic (exact) mass is 359 g/mol. The second-order valence-corrected chi connectivity index (χ2v) is 6.36. The summed E-state index contributed by atoms with van der Waals surface area (Å²) in [6.45, 7) is 3.99. The van der Waals surface area contributed by atoms with E-state index in [-0.39, 0.29) is 11.7 Å². The van der Waals surface area contributed by atoms with Crippen LogP contribution in [0.5, 0.6) is 0 Å². The molecule has 27 heavy (non-hydrogen) atoms. The quantitative estimate of drug-likeness (QED) is 0.645. The number of amides is 1. The number of hydrogen-bond acceptors (Lipinski definition) is 4. The van der Waals surface area contributed by atoms with E-state index in [1.54, 1.807) is 30.5 Å². The zero-order valence-corrected chi connectivity index (χ0v) is 15.3. The molecule has 0 saturated carbocycles. The molecule has 1 heterocycles. The van der Waals surface area contributed by atoms with Gasteiger partial charge in [-0.3, -0.25) is 14.6 Å². The van der Waals surface area contributed by atoms with Crippen LogP contribution >= 0.6 is 0 Å². The lowest BCUT2D eigenvalue weighted by Gasteiger charge is -2.09. The van der Waals surface area contributed by atoms with Gasteiger partial charge in [-0.15, -0.1) is 0 Å². The largest absolute Gasteiger partial charge is 0.355 e. The summed E-state index contributed by atoms with van der Waals surface area (Å²) in [6, 6.07) is 18.7. The lowest BCUT2D eigenvalue weighted by Crippen LogP contribution is -2.23. The Kier molecular flexibility index (Phi) is 5.61. The van der Waals surface area contributed by atoms with Crippen molar-refractivity contribution in [3.63, 3.8) is 0 Å². The lowest BCUT2D eigenvalue weighted by atomic mass is 10.1. The van der Waals surface area contributed by atoms with Crippen molar-refractivity contribution < 1.29 is 9.59 Å². The summed E-state index contributed by atoms with van der Waals surface area (Å²) in [4.78, 5) is 28.1. The van der Waals surface area contributed by atoms with Crippen molar-refractivity contribution in [3.05, 3.63) is 89.2 Å². The number of carbonyl (C=O) groups excluding carboxylic acids is 2. The van der Waals surface area contributed by atoms with E-state index >= 15 is 0 Å². The second kappa shape index (κ2) is 8.27. The van der Waals surface area contributed by atoms with Crippen LogP contribution in [-0.4, -0.2) is 16.7 Å². The molecule has 136 valence electrons. The molecule has 5 nitrogen and oxygen atoms in total. The van der Waals surface area contributed by atoms with Gasteiger partial charge in [-0.1, -0.05) is 42.0 Å². The normalized spacial score (nSPS) is 10.3. The van der Waals surface area contributed by atoms with E-state index in [1.165, 1.54) is 6.92 Å². The highest BCUT2D eigenvalue weighted by Gasteiger charge is 2.08. The van der Waals surface area contributed by atoms with Gasteiger partial charge in [0.15, 0.2) is 5.78 Å². The molecule has 2 aromatic carbocycles. The summed E-state index contributed by atoms with van der Waals surface area (Å²) in [5, 5.41) is 6.09. The smallest absolute Gasteiger partial charge is 0.270 e. The Balaban J connectivity index is 1.68. The number of aryl methyl sites for hydroxylation is 1. The van der Waals surface area contributed by atoms with E-state index in [2.05, 4.69) is 15.6 Å². The number of hydrogen-bond donors (Lipinski definition) is 2. The van der Waals surface area contributed by atoms with Crippen LogP contribution in [0.1, 0.15) is 38.9 Å². The standard InChI is InChI=1S/C22H21N3O2/c1-15-5-3-6-17(11-15)14-24-22(27)21-13-20(9-10-23-21)25-19-8-4-7-18(12-19)16(2)26/h3-13H,14H2,1-2H3,(H,23,25)(H,24,27). The van der Waals surface area contributed by atoms with E-state index in [0.29, 0.717) is 17.8 Å². The molecule has 0 unspecified atom stereocenters. The molecule has 0 bridgehead atoms. The van der Waals surface area contributed by atoms with Crippen molar-refractivity contribution in [2.45, 2.75) is 20.4 Å². The maximum Gasteiger partial charge on any atom is 0.270 e. The summed E-state index contributed by atoms with van der Waals surface area (Å²) in [5.74, 6) is -0.234. The molecule has 0 fully saturated rings. The molecule has 1 amide bonds. The SMILES string of the molecule is CC(=O)c1cccc(Nc2ccnc(C(=O)NCc3cccc(C)c3)c2)c1. The average molecular weight is 359 g/mol. The van der Waals surface area contributed by atoms with Crippen LogP contribution < -0.4 is 10.6 Å². The topological polar surface area (TPSA) is 71.1 Å². The third-order valence-corrected chi connectivity index (χ3v) is 4.09. The number of benzene rings is 2. The predicted molar refractivity (Wildman–Crippen MR) is 106 cm³/mol. The molecule has 2 N–H and O–H groups in total. The van der Waals surface area contributed by atoms with Crippen molar-refractivity contribution in [2.24, 2.45) is 0 Å². The highest BCUT2D eigenvalue weighted by Crippen LogP contribution is 2.18. The van der Waals surface area contributed by atoms with Crippen LogP contribution in [0.4, 0.5) is 11.4 Å². The number of carbonyl (C=O) groups is 2. The second-order valence-electron chi connectivity index (χ2n) is 6.36. The van der Waals surface area contributed by atoms with Crippen LogP contribution in [0.15, 0.2) is 66.9 Å². The number of aromatic nitrogens is 1. The first kappa shape index (κ1) is 18.3. The first-order chi connectivity index (χ1) is 13.0. The van der Waals surface area contributed by atoms with Crippen molar-refractivity contribution in [1.29, 1.82) is 0 Å². The highest BCUT2D eigenvalue weighted by atomic mass is 16.1. The third kappa shape index (κ3) is 5.01.